The molecule has 2 unspecified atom stereocenters. The van der Waals surface area contributed by atoms with Gasteiger partial charge >= 0.3 is 39.5 Å². The summed E-state index contributed by atoms with van der Waals surface area (Å²) in [6.07, 6.45) is 69.4. The van der Waals surface area contributed by atoms with Crippen LogP contribution in [0.1, 0.15) is 452 Å². The van der Waals surface area contributed by atoms with Crippen molar-refractivity contribution in [1.29, 1.82) is 0 Å². The van der Waals surface area contributed by atoms with Crippen molar-refractivity contribution in [1.82, 2.24) is 0 Å². The van der Waals surface area contributed by atoms with Gasteiger partial charge in [0.2, 0.25) is 0 Å². The molecule has 17 nitrogen and oxygen atoms in total. The molecular formula is C84H164O17P2. The van der Waals surface area contributed by atoms with Crippen molar-refractivity contribution in [3.63, 3.8) is 0 Å². The zero-order chi connectivity index (χ0) is 75.5. The molecule has 5 atom stereocenters. The third kappa shape index (κ3) is 78.0. The van der Waals surface area contributed by atoms with Gasteiger partial charge in [0.05, 0.1) is 26.4 Å². The van der Waals surface area contributed by atoms with E-state index < -0.39 is 97.5 Å². The van der Waals surface area contributed by atoms with Crippen LogP contribution in [0.4, 0.5) is 0 Å². The number of ether oxygens (including phenoxy) is 4. The SMILES string of the molecule is CCCCCCCCCCCCCCCCCCCCC(=O)OC[C@H](COP(=O)(O)OC[C@@H](O)COP(=O)(O)OC[C@@H](COC(=O)CCCCCCCCCCC)OC(=O)CCCCCCCCCCCCCCCCCCCC)OC(=O)CCCCCCCCCCCCCCCCCC(C)C. The quantitative estimate of drug-likeness (QED) is 0.0222. The molecule has 0 heterocycles. The normalized spacial score (nSPS) is 13.8. The Kier molecular flexibility index (Phi) is 75.4. The van der Waals surface area contributed by atoms with E-state index in [1.807, 2.05) is 0 Å². The van der Waals surface area contributed by atoms with Crippen LogP contribution in [-0.4, -0.2) is 96.7 Å². The Morgan fingerprint density at radius 2 is 0.447 bits per heavy atom. The van der Waals surface area contributed by atoms with Gasteiger partial charge in [-0.1, -0.05) is 401 Å². The Morgan fingerprint density at radius 1 is 0.262 bits per heavy atom. The van der Waals surface area contributed by atoms with Gasteiger partial charge in [-0.15, -0.1) is 0 Å². The predicted molar refractivity (Wildman–Crippen MR) is 423 cm³/mol. The molecular weight excluding hydrogens is 1340 g/mol. The van der Waals surface area contributed by atoms with E-state index in [0.29, 0.717) is 25.7 Å². The lowest BCUT2D eigenvalue weighted by atomic mass is 10.0. The molecule has 0 saturated carbocycles. The summed E-state index contributed by atoms with van der Waals surface area (Å²) in [4.78, 5) is 73.1. The van der Waals surface area contributed by atoms with Crippen molar-refractivity contribution < 1.29 is 80.2 Å². The summed E-state index contributed by atoms with van der Waals surface area (Å²) in [7, 11) is -9.92. The highest BCUT2D eigenvalue weighted by molar-refractivity contribution is 7.47. The molecule has 0 spiro atoms. The van der Waals surface area contributed by atoms with Gasteiger partial charge in [0, 0.05) is 25.7 Å². The first-order valence-corrected chi connectivity index (χ1v) is 46.6. The minimum Gasteiger partial charge on any atom is -0.462 e. The summed E-state index contributed by atoms with van der Waals surface area (Å²) in [6.45, 7) is 7.37. The molecule has 0 fully saturated rings. The second kappa shape index (κ2) is 76.8. The molecule has 0 amide bonds. The Balaban J connectivity index is 5.21. The fraction of sp³-hybridized carbons (Fsp3) is 0.952. The molecule has 19 heteroatoms. The molecule has 0 aromatic heterocycles. The summed E-state index contributed by atoms with van der Waals surface area (Å²) in [5, 5.41) is 10.7. The van der Waals surface area contributed by atoms with Gasteiger partial charge in [-0.3, -0.25) is 37.3 Å². The first-order valence-electron chi connectivity index (χ1n) is 43.6. The van der Waals surface area contributed by atoms with Gasteiger partial charge in [-0.05, 0) is 31.6 Å². The average Bonchev–Trinajstić information content (AvgIpc) is 0.907. The minimum atomic E-state index is -4.96. The van der Waals surface area contributed by atoms with Crippen LogP contribution in [-0.2, 0) is 65.4 Å². The topological polar surface area (TPSA) is 237 Å². The maximum atomic E-state index is 13.1. The van der Waals surface area contributed by atoms with Crippen molar-refractivity contribution >= 4 is 39.5 Å². The molecule has 0 aromatic carbocycles. The third-order valence-electron chi connectivity index (χ3n) is 19.8. The van der Waals surface area contributed by atoms with Gasteiger partial charge in [0.15, 0.2) is 12.2 Å². The maximum Gasteiger partial charge on any atom is 0.472 e. The number of phosphoric acid groups is 2. The first-order chi connectivity index (χ1) is 50.0. The summed E-state index contributed by atoms with van der Waals surface area (Å²) >= 11 is 0. The minimum absolute atomic E-state index is 0.109. The lowest BCUT2D eigenvalue weighted by Crippen LogP contribution is -2.30. The van der Waals surface area contributed by atoms with Gasteiger partial charge in [-0.2, -0.15) is 0 Å². The van der Waals surface area contributed by atoms with E-state index in [1.165, 1.54) is 276 Å². The molecule has 103 heavy (non-hydrogen) atoms. The fourth-order valence-electron chi connectivity index (χ4n) is 13.1. The monoisotopic (exact) mass is 1510 g/mol. The molecule has 3 N–H and O–H groups in total. The fourth-order valence-corrected chi connectivity index (χ4v) is 14.7. The van der Waals surface area contributed by atoms with E-state index in [4.69, 9.17) is 37.0 Å². The molecule has 0 aromatic rings. The largest absolute Gasteiger partial charge is 0.472 e. The highest BCUT2D eigenvalue weighted by Crippen LogP contribution is 2.45. The van der Waals surface area contributed by atoms with Gasteiger partial charge < -0.3 is 33.8 Å². The zero-order valence-electron chi connectivity index (χ0n) is 67.5. The van der Waals surface area contributed by atoms with Crippen LogP contribution in [0.3, 0.4) is 0 Å². The number of hydrogen-bond donors (Lipinski definition) is 3. The molecule has 0 aliphatic rings. The van der Waals surface area contributed by atoms with Crippen molar-refractivity contribution in [2.75, 3.05) is 39.6 Å². The van der Waals surface area contributed by atoms with Gasteiger partial charge in [-0.25, -0.2) is 9.13 Å². The Labute approximate surface area is 632 Å². The maximum absolute atomic E-state index is 13.1. The lowest BCUT2D eigenvalue weighted by Gasteiger charge is -2.21. The molecule has 0 bridgehead atoms. The standard InChI is InChI=1S/C84H164O17P2/c1-6-9-12-15-18-21-23-25-27-29-31-35-39-43-48-53-58-63-68-82(87)95-74-80(101-84(89)70-65-60-55-50-45-41-37-33-34-38-42-47-51-56-61-66-77(4)5)76-99-103(92,93)97-72-78(85)71-96-102(90,91)98-75-79(73-94-81(86)67-62-57-52-46-20-17-14-11-8-3)100-83(88)69-64-59-54-49-44-40-36-32-30-28-26-24-22-19-16-13-10-7-2/h77-80,85H,6-76H2,1-5H3,(H,90,91)(H,92,93)/t78-,79+,80+/m0/s1. The number of esters is 4. The van der Waals surface area contributed by atoms with Crippen LogP contribution >= 0.6 is 15.6 Å². The molecule has 0 rings (SSSR count). The van der Waals surface area contributed by atoms with Gasteiger partial charge in [0.1, 0.15) is 19.3 Å². The Hall–Kier alpha value is -1.94. The highest BCUT2D eigenvalue weighted by Gasteiger charge is 2.30. The van der Waals surface area contributed by atoms with Crippen LogP contribution in [0, 0.1) is 5.92 Å². The van der Waals surface area contributed by atoms with Crippen LogP contribution < -0.4 is 0 Å². The predicted octanol–water partition coefficient (Wildman–Crippen LogP) is 25.6. The number of carbonyl (C=O) groups is 4. The second-order valence-corrected chi connectivity index (χ2v) is 33.6. The van der Waals surface area contributed by atoms with Crippen LogP contribution in [0.2, 0.25) is 0 Å². The van der Waals surface area contributed by atoms with Crippen LogP contribution in [0.5, 0.6) is 0 Å². The summed E-state index contributed by atoms with van der Waals surface area (Å²) in [5.41, 5.74) is 0. The van der Waals surface area contributed by atoms with E-state index in [2.05, 4.69) is 34.6 Å². The zero-order valence-corrected chi connectivity index (χ0v) is 69.3. The molecule has 612 valence electrons. The van der Waals surface area contributed by atoms with E-state index in [-0.39, 0.29) is 25.7 Å². The smallest absolute Gasteiger partial charge is 0.462 e. The van der Waals surface area contributed by atoms with Crippen molar-refractivity contribution in [3.05, 3.63) is 0 Å². The lowest BCUT2D eigenvalue weighted by molar-refractivity contribution is -0.161. The summed E-state index contributed by atoms with van der Waals surface area (Å²) < 4.78 is 68.8. The van der Waals surface area contributed by atoms with Crippen molar-refractivity contribution in [2.45, 2.75) is 470 Å². The number of carbonyl (C=O) groups excluding carboxylic acids is 4. The molecule has 0 aliphatic carbocycles. The number of phosphoric ester groups is 2. The summed E-state index contributed by atoms with van der Waals surface area (Å²) in [6, 6.07) is 0. The number of unbranched alkanes of at least 4 members (excludes halogenated alkanes) is 56. The second-order valence-electron chi connectivity index (χ2n) is 30.7. The van der Waals surface area contributed by atoms with E-state index in [1.54, 1.807) is 0 Å². The first kappa shape index (κ1) is 101. The van der Waals surface area contributed by atoms with Crippen molar-refractivity contribution in [3.8, 4) is 0 Å². The highest BCUT2D eigenvalue weighted by atomic mass is 31.2. The number of aliphatic hydroxyl groups excluding tert-OH is 1. The molecule has 0 radical (unpaired) electrons. The van der Waals surface area contributed by atoms with Crippen LogP contribution in [0.15, 0.2) is 0 Å². The van der Waals surface area contributed by atoms with Gasteiger partial charge in [0.25, 0.3) is 0 Å². The molecule has 0 aliphatic heterocycles. The Morgan fingerprint density at radius 3 is 0.660 bits per heavy atom. The van der Waals surface area contributed by atoms with Crippen molar-refractivity contribution in [2.24, 2.45) is 5.92 Å². The van der Waals surface area contributed by atoms with Crippen LogP contribution in [0.25, 0.3) is 0 Å². The third-order valence-corrected chi connectivity index (χ3v) is 21.7. The van der Waals surface area contributed by atoms with E-state index in [9.17, 15) is 43.2 Å². The summed E-state index contributed by atoms with van der Waals surface area (Å²) in [5.74, 6) is -1.30. The van der Waals surface area contributed by atoms with E-state index >= 15 is 0 Å². The van der Waals surface area contributed by atoms with E-state index in [0.717, 1.165) is 95.8 Å². The Bertz CT molecular complexity index is 1960. The number of hydrogen-bond acceptors (Lipinski definition) is 15. The number of rotatable bonds is 84. The molecule has 0 saturated heterocycles. The average molecular weight is 1510 g/mol. The number of aliphatic hydroxyl groups is 1.